The van der Waals surface area contributed by atoms with E-state index in [-0.39, 0.29) is 16.5 Å². The van der Waals surface area contributed by atoms with Crippen LogP contribution in [0.15, 0.2) is 41.0 Å². The maximum atomic E-state index is 12.3. The summed E-state index contributed by atoms with van der Waals surface area (Å²) in [6.45, 7) is 4.54. The van der Waals surface area contributed by atoms with Crippen molar-refractivity contribution in [2.75, 3.05) is 6.54 Å². The summed E-state index contributed by atoms with van der Waals surface area (Å²) >= 11 is 15.3. The van der Waals surface area contributed by atoms with Crippen molar-refractivity contribution < 1.29 is 4.79 Å². The molecule has 1 N–H and O–H groups in total. The highest BCUT2D eigenvalue weighted by atomic mass is 79.9. The Kier molecular flexibility index (Phi) is 5.48. The van der Waals surface area contributed by atoms with Crippen molar-refractivity contribution in [3.05, 3.63) is 62.3 Å². The van der Waals surface area contributed by atoms with E-state index in [4.69, 9.17) is 23.2 Å². The predicted octanol–water partition coefficient (Wildman–Crippen LogP) is 4.86. The molecule has 0 bridgehead atoms. The quantitative estimate of drug-likeness (QED) is 0.743. The van der Waals surface area contributed by atoms with Crippen LogP contribution in [0.2, 0.25) is 10.2 Å². The summed E-state index contributed by atoms with van der Waals surface area (Å²) in [4.78, 5) is 16.2. The molecular formula is C16H15BrCl2N2O. The first-order valence-electron chi connectivity index (χ1n) is 6.65. The van der Waals surface area contributed by atoms with Gasteiger partial charge in [0.1, 0.15) is 5.15 Å². The molecule has 0 unspecified atom stereocenters. The molecule has 1 heterocycles. The van der Waals surface area contributed by atoms with Gasteiger partial charge in [0.2, 0.25) is 0 Å². The number of nitrogens with one attached hydrogen (secondary N) is 1. The molecule has 0 spiro atoms. The molecule has 0 aliphatic carbocycles. The molecule has 0 saturated carbocycles. The van der Waals surface area contributed by atoms with Gasteiger partial charge in [-0.2, -0.15) is 0 Å². The summed E-state index contributed by atoms with van der Waals surface area (Å²) in [5.41, 5.74) is 1.14. The van der Waals surface area contributed by atoms with Crippen LogP contribution in [0.3, 0.4) is 0 Å². The van der Waals surface area contributed by atoms with E-state index >= 15 is 0 Å². The number of carbonyl (C=O) groups excluding carboxylic acids is 1. The van der Waals surface area contributed by atoms with E-state index in [0.717, 1.165) is 5.56 Å². The Morgan fingerprint density at radius 3 is 2.73 bits per heavy atom. The fourth-order valence-corrected chi connectivity index (χ4v) is 2.70. The first-order valence-corrected chi connectivity index (χ1v) is 8.20. The van der Waals surface area contributed by atoms with Crippen LogP contribution in [0.5, 0.6) is 0 Å². The number of benzene rings is 1. The van der Waals surface area contributed by atoms with E-state index in [1.54, 1.807) is 12.3 Å². The Morgan fingerprint density at radius 1 is 1.32 bits per heavy atom. The van der Waals surface area contributed by atoms with Crippen molar-refractivity contribution in [3.63, 3.8) is 0 Å². The minimum atomic E-state index is -0.257. The number of halogens is 3. The summed E-state index contributed by atoms with van der Waals surface area (Å²) in [5.74, 6) is -0.256. The molecule has 0 aliphatic rings. The van der Waals surface area contributed by atoms with E-state index in [1.807, 2.05) is 38.1 Å². The molecule has 1 aromatic carbocycles. The molecule has 0 aliphatic heterocycles. The first kappa shape index (κ1) is 17.3. The van der Waals surface area contributed by atoms with E-state index < -0.39 is 0 Å². The third kappa shape index (κ3) is 4.22. The number of carbonyl (C=O) groups is 1. The maximum absolute atomic E-state index is 12.3. The van der Waals surface area contributed by atoms with Gasteiger partial charge in [0, 0.05) is 27.7 Å². The molecule has 3 nitrogen and oxygen atoms in total. The summed E-state index contributed by atoms with van der Waals surface area (Å²) in [6, 6.07) is 9.27. The van der Waals surface area contributed by atoms with Gasteiger partial charge in [-0.05, 0) is 39.7 Å². The smallest absolute Gasteiger partial charge is 0.254 e. The first-order chi connectivity index (χ1) is 10.3. The SMILES string of the molecule is CC(C)(CNC(=O)c1cc(Br)cnc1Cl)c1cccc(Cl)c1. The molecule has 0 saturated heterocycles. The Bertz CT molecular complexity index is 704. The van der Waals surface area contributed by atoms with Crippen LogP contribution in [0.4, 0.5) is 0 Å². The molecule has 2 aromatic rings. The van der Waals surface area contributed by atoms with Crippen molar-refractivity contribution in [1.29, 1.82) is 0 Å². The van der Waals surface area contributed by atoms with Gasteiger partial charge in [-0.1, -0.05) is 49.2 Å². The molecule has 22 heavy (non-hydrogen) atoms. The van der Waals surface area contributed by atoms with Crippen molar-refractivity contribution >= 4 is 45.0 Å². The summed E-state index contributed by atoms with van der Waals surface area (Å²) < 4.78 is 0.705. The predicted molar refractivity (Wildman–Crippen MR) is 93.8 cm³/mol. The van der Waals surface area contributed by atoms with E-state index in [0.29, 0.717) is 21.6 Å². The normalized spacial score (nSPS) is 11.3. The van der Waals surface area contributed by atoms with Crippen molar-refractivity contribution in [1.82, 2.24) is 10.3 Å². The monoisotopic (exact) mass is 400 g/mol. The van der Waals surface area contributed by atoms with Crippen LogP contribution in [0.25, 0.3) is 0 Å². The minimum absolute atomic E-state index is 0.182. The zero-order valence-electron chi connectivity index (χ0n) is 12.2. The summed E-state index contributed by atoms with van der Waals surface area (Å²) in [7, 11) is 0. The molecule has 0 radical (unpaired) electrons. The van der Waals surface area contributed by atoms with Crippen LogP contribution in [-0.2, 0) is 5.41 Å². The number of aromatic nitrogens is 1. The van der Waals surface area contributed by atoms with Gasteiger partial charge in [0.25, 0.3) is 5.91 Å². The maximum Gasteiger partial charge on any atom is 0.254 e. The van der Waals surface area contributed by atoms with Crippen molar-refractivity contribution in [3.8, 4) is 0 Å². The lowest BCUT2D eigenvalue weighted by molar-refractivity contribution is 0.0945. The van der Waals surface area contributed by atoms with Gasteiger partial charge in [0.05, 0.1) is 5.56 Å². The Labute approximate surface area is 148 Å². The molecule has 0 fully saturated rings. The van der Waals surface area contributed by atoms with Crippen LogP contribution in [-0.4, -0.2) is 17.4 Å². The largest absolute Gasteiger partial charge is 0.351 e. The second-order valence-corrected chi connectivity index (χ2v) is 7.28. The van der Waals surface area contributed by atoms with Crippen molar-refractivity contribution in [2.24, 2.45) is 0 Å². The minimum Gasteiger partial charge on any atom is -0.351 e. The number of hydrogen-bond donors (Lipinski definition) is 1. The third-order valence-corrected chi connectivity index (χ3v) is 4.32. The number of amides is 1. The number of pyridine rings is 1. The van der Waals surface area contributed by atoms with Gasteiger partial charge >= 0.3 is 0 Å². The summed E-state index contributed by atoms with van der Waals surface area (Å²) in [5, 5.41) is 3.76. The van der Waals surface area contributed by atoms with Gasteiger partial charge in [-0.25, -0.2) is 4.98 Å². The lowest BCUT2D eigenvalue weighted by atomic mass is 9.84. The number of rotatable bonds is 4. The lowest BCUT2D eigenvalue weighted by Gasteiger charge is -2.26. The van der Waals surface area contributed by atoms with Crippen LogP contribution < -0.4 is 5.32 Å². The van der Waals surface area contributed by atoms with Gasteiger partial charge in [-0.3, -0.25) is 4.79 Å². The Morgan fingerprint density at radius 2 is 2.05 bits per heavy atom. The third-order valence-electron chi connectivity index (χ3n) is 3.35. The van der Waals surface area contributed by atoms with Crippen LogP contribution in [0.1, 0.15) is 29.8 Å². The van der Waals surface area contributed by atoms with E-state index in [2.05, 4.69) is 26.2 Å². The molecule has 2 rings (SSSR count). The number of nitrogens with zero attached hydrogens (tertiary/aromatic N) is 1. The van der Waals surface area contributed by atoms with Crippen LogP contribution in [0, 0.1) is 0 Å². The van der Waals surface area contributed by atoms with E-state index in [1.165, 1.54) is 0 Å². The average molecular weight is 402 g/mol. The van der Waals surface area contributed by atoms with Gasteiger partial charge in [0.15, 0.2) is 0 Å². The molecule has 0 atom stereocenters. The second kappa shape index (κ2) is 6.99. The average Bonchev–Trinajstić information content (AvgIpc) is 2.47. The zero-order valence-corrected chi connectivity index (χ0v) is 15.3. The van der Waals surface area contributed by atoms with Crippen LogP contribution >= 0.6 is 39.1 Å². The fourth-order valence-electron chi connectivity index (χ4n) is 1.99. The molecule has 1 amide bonds. The highest BCUT2D eigenvalue weighted by Gasteiger charge is 2.22. The number of hydrogen-bond acceptors (Lipinski definition) is 2. The van der Waals surface area contributed by atoms with E-state index in [9.17, 15) is 4.79 Å². The molecular weight excluding hydrogens is 387 g/mol. The molecule has 116 valence electrons. The second-order valence-electron chi connectivity index (χ2n) is 5.57. The molecule has 1 aromatic heterocycles. The lowest BCUT2D eigenvalue weighted by Crippen LogP contribution is -2.36. The Balaban J connectivity index is 2.11. The highest BCUT2D eigenvalue weighted by molar-refractivity contribution is 9.10. The topological polar surface area (TPSA) is 42.0 Å². The van der Waals surface area contributed by atoms with Gasteiger partial charge < -0.3 is 5.32 Å². The highest BCUT2D eigenvalue weighted by Crippen LogP contribution is 2.25. The summed E-state index contributed by atoms with van der Waals surface area (Å²) in [6.07, 6.45) is 1.55. The van der Waals surface area contributed by atoms with Gasteiger partial charge in [-0.15, -0.1) is 0 Å². The Hall–Kier alpha value is -1.10. The zero-order chi connectivity index (χ0) is 16.3. The fraction of sp³-hybridized carbons (Fsp3) is 0.250. The standard InChI is InChI=1S/C16H15BrCl2N2O/c1-16(2,10-4-3-5-12(18)6-10)9-21-15(22)13-7-11(17)8-20-14(13)19/h3-8H,9H2,1-2H3,(H,21,22). The van der Waals surface area contributed by atoms with Crippen molar-refractivity contribution in [2.45, 2.75) is 19.3 Å². The molecule has 6 heteroatoms.